The molecule has 0 aromatic heterocycles. The third-order valence-corrected chi connectivity index (χ3v) is 3.45. The Hall–Kier alpha value is -2.37. The topological polar surface area (TPSA) is 58.6 Å². The predicted octanol–water partition coefficient (Wildman–Crippen LogP) is 2.36. The molecule has 1 aromatic rings. The van der Waals surface area contributed by atoms with Crippen LogP contribution >= 0.6 is 0 Å². The lowest BCUT2D eigenvalue weighted by Crippen LogP contribution is -2.46. The summed E-state index contributed by atoms with van der Waals surface area (Å²) in [6, 6.07) is 4.69. The zero-order valence-electron chi connectivity index (χ0n) is 12.1. The highest BCUT2D eigenvalue weighted by atomic mass is 19.1. The zero-order valence-corrected chi connectivity index (χ0v) is 12.1. The van der Waals surface area contributed by atoms with Gasteiger partial charge in [0.2, 0.25) is 0 Å². The summed E-state index contributed by atoms with van der Waals surface area (Å²) in [6.07, 6.45) is 0. The molecule has 0 unspecified atom stereocenters. The van der Waals surface area contributed by atoms with Crippen molar-refractivity contribution in [1.29, 1.82) is 0 Å². The van der Waals surface area contributed by atoms with E-state index in [1.807, 2.05) is 0 Å². The summed E-state index contributed by atoms with van der Waals surface area (Å²) in [4.78, 5) is 25.5. The molecule has 0 saturated heterocycles. The number of ether oxygens (including phenoxy) is 1. The Morgan fingerprint density at radius 3 is 2.57 bits per heavy atom. The van der Waals surface area contributed by atoms with Crippen LogP contribution in [0, 0.1) is 5.82 Å². The Balaban J connectivity index is 2.48. The molecule has 1 atom stereocenters. The summed E-state index contributed by atoms with van der Waals surface area (Å²) < 4.78 is 18.1. The molecule has 1 aliphatic rings. The largest absolute Gasteiger partial charge is 0.463 e. The molecule has 2 amide bonds. The number of esters is 1. The first-order valence-corrected chi connectivity index (χ1v) is 6.63. The number of urea groups is 1. The van der Waals surface area contributed by atoms with Crippen molar-refractivity contribution in [3.8, 4) is 0 Å². The number of rotatable bonds is 3. The van der Waals surface area contributed by atoms with Crippen LogP contribution in [-0.2, 0) is 9.53 Å². The van der Waals surface area contributed by atoms with E-state index >= 15 is 0 Å². The lowest BCUT2D eigenvalue weighted by molar-refractivity contribution is -0.139. The zero-order chi connectivity index (χ0) is 15.6. The molecule has 0 spiro atoms. The normalized spacial score (nSPS) is 18.6. The number of amides is 2. The minimum absolute atomic E-state index is 0.239. The SMILES string of the molecule is CCOC(=O)C1=C(C)N(C)C(=O)N[C@H]1c1ccc(F)cc1. The highest BCUT2D eigenvalue weighted by Crippen LogP contribution is 2.30. The molecule has 6 heteroatoms. The number of nitrogens with one attached hydrogen (secondary N) is 1. The highest BCUT2D eigenvalue weighted by Gasteiger charge is 2.34. The van der Waals surface area contributed by atoms with Gasteiger partial charge in [0.15, 0.2) is 0 Å². The minimum Gasteiger partial charge on any atom is -0.463 e. The molecular formula is C15H17FN2O3. The van der Waals surface area contributed by atoms with Gasteiger partial charge >= 0.3 is 12.0 Å². The first-order chi connectivity index (χ1) is 9.95. The van der Waals surface area contributed by atoms with E-state index in [-0.39, 0.29) is 18.5 Å². The van der Waals surface area contributed by atoms with Gasteiger partial charge in [0.05, 0.1) is 18.2 Å². The summed E-state index contributed by atoms with van der Waals surface area (Å²) >= 11 is 0. The van der Waals surface area contributed by atoms with Gasteiger partial charge < -0.3 is 15.0 Å². The van der Waals surface area contributed by atoms with Crippen molar-refractivity contribution in [2.24, 2.45) is 0 Å². The Morgan fingerprint density at radius 1 is 1.38 bits per heavy atom. The maximum absolute atomic E-state index is 13.0. The van der Waals surface area contributed by atoms with Crippen LogP contribution in [-0.4, -0.2) is 30.6 Å². The third kappa shape index (κ3) is 2.89. The number of carbonyl (C=O) groups excluding carboxylic acids is 2. The molecule has 21 heavy (non-hydrogen) atoms. The lowest BCUT2D eigenvalue weighted by Gasteiger charge is -2.33. The molecule has 112 valence electrons. The van der Waals surface area contributed by atoms with E-state index in [9.17, 15) is 14.0 Å². The van der Waals surface area contributed by atoms with Crippen LogP contribution in [0.25, 0.3) is 0 Å². The van der Waals surface area contributed by atoms with Crippen molar-refractivity contribution in [3.63, 3.8) is 0 Å². The maximum atomic E-state index is 13.0. The van der Waals surface area contributed by atoms with Gasteiger partial charge in [-0.25, -0.2) is 14.0 Å². The van der Waals surface area contributed by atoms with Crippen LogP contribution < -0.4 is 5.32 Å². The average molecular weight is 292 g/mol. The van der Waals surface area contributed by atoms with Gasteiger partial charge in [0.1, 0.15) is 5.82 Å². The van der Waals surface area contributed by atoms with Crippen LogP contribution in [0.1, 0.15) is 25.5 Å². The van der Waals surface area contributed by atoms with Crippen molar-refractivity contribution >= 4 is 12.0 Å². The minimum atomic E-state index is -0.645. The molecule has 0 radical (unpaired) electrons. The first-order valence-electron chi connectivity index (χ1n) is 6.63. The van der Waals surface area contributed by atoms with Gasteiger partial charge in [-0.05, 0) is 31.5 Å². The van der Waals surface area contributed by atoms with Crippen LogP contribution in [0.4, 0.5) is 9.18 Å². The Labute approximate surface area is 122 Å². The number of nitrogens with zero attached hydrogens (tertiary/aromatic N) is 1. The van der Waals surface area contributed by atoms with Crippen molar-refractivity contribution < 1.29 is 18.7 Å². The number of hydrogen-bond donors (Lipinski definition) is 1. The number of halogens is 1. The molecule has 1 aliphatic heterocycles. The van der Waals surface area contributed by atoms with E-state index in [4.69, 9.17) is 4.74 Å². The van der Waals surface area contributed by atoms with Gasteiger partial charge in [-0.1, -0.05) is 12.1 Å². The molecule has 5 nitrogen and oxygen atoms in total. The summed E-state index contributed by atoms with van der Waals surface area (Å²) in [7, 11) is 1.57. The third-order valence-electron chi connectivity index (χ3n) is 3.45. The quantitative estimate of drug-likeness (QED) is 0.870. The number of benzene rings is 1. The van der Waals surface area contributed by atoms with Crippen LogP contribution in [0.3, 0.4) is 0 Å². The maximum Gasteiger partial charge on any atom is 0.338 e. The number of hydrogen-bond acceptors (Lipinski definition) is 3. The Bertz CT molecular complexity index is 595. The van der Waals surface area contributed by atoms with Gasteiger partial charge in [0.25, 0.3) is 0 Å². The molecule has 1 heterocycles. The van der Waals surface area contributed by atoms with Gasteiger partial charge in [-0.2, -0.15) is 0 Å². The second-order valence-corrected chi connectivity index (χ2v) is 4.71. The van der Waals surface area contributed by atoms with E-state index < -0.39 is 12.0 Å². The second kappa shape index (κ2) is 5.95. The van der Waals surface area contributed by atoms with Crippen LogP contribution in [0.5, 0.6) is 0 Å². The molecule has 0 aliphatic carbocycles. The fourth-order valence-corrected chi connectivity index (χ4v) is 2.21. The fraction of sp³-hybridized carbons (Fsp3) is 0.333. The van der Waals surface area contributed by atoms with E-state index in [0.29, 0.717) is 16.8 Å². The first kappa shape index (κ1) is 15.0. The van der Waals surface area contributed by atoms with Crippen molar-refractivity contribution in [2.75, 3.05) is 13.7 Å². The van der Waals surface area contributed by atoms with Crippen LogP contribution in [0.15, 0.2) is 35.5 Å². The summed E-state index contributed by atoms with van der Waals surface area (Å²) in [5, 5.41) is 2.73. The molecule has 0 bridgehead atoms. The second-order valence-electron chi connectivity index (χ2n) is 4.71. The monoisotopic (exact) mass is 292 g/mol. The van der Waals surface area contributed by atoms with Crippen molar-refractivity contribution in [1.82, 2.24) is 10.2 Å². The summed E-state index contributed by atoms with van der Waals surface area (Å²) in [5.74, 6) is -0.868. The summed E-state index contributed by atoms with van der Waals surface area (Å²) in [6.45, 7) is 3.64. The van der Waals surface area contributed by atoms with E-state index in [0.717, 1.165) is 0 Å². The molecule has 0 fully saturated rings. The summed E-state index contributed by atoms with van der Waals surface area (Å²) in [5.41, 5.74) is 1.50. The number of carbonyl (C=O) groups is 2. The Kier molecular flexibility index (Phi) is 4.26. The standard InChI is InChI=1S/C15H17FN2O3/c1-4-21-14(19)12-9(2)18(3)15(20)17-13(12)10-5-7-11(16)8-6-10/h5-8,13H,4H2,1-3H3,(H,17,20)/t13-/m0/s1. The van der Waals surface area contributed by atoms with Crippen molar-refractivity contribution in [2.45, 2.75) is 19.9 Å². The van der Waals surface area contributed by atoms with Gasteiger partial charge in [-0.3, -0.25) is 0 Å². The van der Waals surface area contributed by atoms with Crippen LogP contribution in [0.2, 0.25) is 0 Å². The molecule has 0 saturated carbocycles. The van der Waals surface area contributed by atoms with E-state index in [1.165, 1.54) is 29.2 Å². The molecular weight excluding hydrogens is 275 g/mol. The average Bonchev–Trinajstić information content (AvgIpc) is 2.45. The predicted molar refractivity (Wildman–Crippen MR) is 74.8 cm³/mol. The smallest absolute Gasteiger partial charge is 0.338 e. The lowest BCUT2D eigenvalue weighted by atomic mass is 9.95. The van der Waals surface area contributed by atoms with E-state index in [2.05, 4.69) is 5.32 Å². The van der Waals surface area contributed by atoms with Gasteiger partial charge in [0, 0.05) is 12.7 Å². The Morgan fingerprint density at radius 2 is 2.00 bits per heavy atom. The fourth-order valence-electron chi connectivity index (χ4n) is 2.21. The molecule has 1 aromatic carbocycles. The molecule has 1 N–H and O–H groups in total. The highest BCUT2D eigenvalue weighted by molar-refractivity contribution is 5.94. The van der Waals surface area contributed by atoms with Gasteiger partial charge in [-0.15, -0.1) is 0 Å². The molecule has 2 rings (SSSR count). The van der Waals surface area contributed by atoms with E-state index in [1.54, 1.807) is 20.9 Å². The van der Waals surface area contributed by atoms with Crippen molar-refractivity contribution in [3.05, 3.63) is 46.9 Å². The number of allylic oxidation sites excluding steroid dienone is 1.